The van der Waals surface area contributed by atoms with Gasteiger partial charge in [-0.15, -0.1) is 0 Å². The van der Waals surface area contributed by atoms with E-state index in [4.69, 9.17) is 0 Å². The van der Waals surface area contributed by atoms with E-state index in [1.54, 1.807) is 0 Å². The molecule has 0 aliphatic heterocycles. The lowest BCUT2D eigenvalue weighted by molar-refractivity contribution is -0.0428. The number of fused-ring (bicyclic) bond motifs is 5. The van der Waals surface area contributed by atoms with Gasteiger partial charge in [-0.25, -0.2) is 0 Å². The van der Waals surface area contributed by atoms with Gasteiger partial charge in [-0.3, -0.25) is 0 Å². The lowest BCUT2D eigenvalue weighted by Gasteiger charge is -2.57. The Kier molecular flexibility index (Phi) is 6.53. The van der Waals surface area contributed by atoms with Crippen molar-refractivity contribution in [3.63, 3.8) is 0 Å². The number of aliphatic hydroxyl groups is 1. The van der Waals surface area contributed by atoms with Gasteiger partial charge < -0.3 is 5.11 Å². The van der Waals surface area contributed by atoms with Crippen LogP contribution in [-0.4, -0.2) is 11.2 Å². The molecule has 0 heterocycles. The molecule has 4 rings (SSSR count). The molecule has 172 valence electrons. The zero-order valence-electron chi connectivity index (χ0n) is 20.9. The highest BCUT2D eigenvalue weighted by Crippen LogP contribution is 2.67. The van der Waals surface area contributed by atoms with Gasteiger partial charge in [-0.1, -0.05) is 66.0 Å². The maximum Gasteiger partial charge on any atom is 0.0543 e. The Balaban J connectivity index is 1.48. The van der Waals surface area contributed by atoms with Crippen molar-refractivity contribution in [1.29, 1.82) is 0 Å². The summed E-state index contributed by atoms with van der Waals surface area (Å²) in [6.07, 6.45) is 17.2. The summed E-state index contributed by atoms with van der Waals surface area (Å²) in [5.41, 5.74) is 2.88. The van der Waals surface area contributed by atoms with Gasteiger partial charge in [-0.2, -0.15) is 0 Å². The molecule has 9 atom stereocenters. The summed E-state index contributed by atoms with van der Waals surface area (Å²) in [5.74, 6) is 5.92. The molecule has 3 fully saturated rings. The third-order valence-electron chi connectivity index (χ3n) is 11.3. The van der Waals surface area contributed by atoms with Crippen molar-refractivity contribution >= 4 is 0 Å². The van der Waals surface area contributed by atoms with Crippen LogP contribution in [0.5, 0.6) is 0 Å². The SMILES string of the molecule is CCC(CC[C@@H](C)C1CCC2C3=CC[C@H]4C[C@@H](O)CC[C@]4(C)C3CC[C@@]21C)C(C)C. The molecule has 1 N–H and O–H groups in total. The first-order chi connectivity index (χ1) is 14.2. The van der Waals surface area contributed by atoms with Crippen LogP contribution in [0.2, 0.25) is 0 Å². The van der Waals surface area contributed by atoms with Crippen molar-refractivity contribution in [2.75, 3.05) is 0 Å². The van der Waals surface area contributed by atoms with E-state index in [1.165, 1.54) is 57.8 Å². The van der Waals surface area contributed by atoms with Crippen LogP contribution in [0.1, 0.15) is 112 Å². The third kappa shape index (κ3) is 3.74. The summed E-state index contributed by atoms with van der Waals surface area (Å²) in [6, 6.07) is 0. The Hall–Kier alpha value is -0.300. The van der Waals surface area contributed by atoms with E-state index in [1.807, 2.05) is 5.57 Å². The first-order valence-corrected chi connectivity index (χ1v) is 13.6. The molecule has 0 aromatic carbocycles. The van der Waals surface area contributed by atoms with Crippen LogP contribution in [0.15, 0.2) is 11.6 Å². The molecule has 0 aromatic heterocycles. The summed E-state index contributed by atoms with van der Waals surface area (Å²) in [6.45, 7) is 15.1. The average molecular weight is 415 g/mol. The molecular formula is C29H50O. The van der Waals surface area contributed by atoms with Crippen LogP contribution >= 0.6 is 0 Å². The predicted molar refractivity (Wildman–Crippen MR) is 128 cm³/mol. The number of hydrogen-bond acceptors (Lipinski definition) is 1. The van der Waals surface area contributed by atoms with E-state index in [0.717, 1.165) is 54.3 Å². The van der Waals surface area contributed by atoms with Crippen molar-refractivity contribution in [1.82, 2.24) is 0 Å². The molecule has 0 aromatic rings. The van der Waals surface area contributed by atoms with Crippen molar-refractivity contribution in [2.24, 2.45) is 52.3 Å². The van der Waals surface area contributed by atoms with E-state index in [2.05, 4.69) is 47.6 Å². The molecule has 4 unspecified atom stereocenters. The minimum atomic E-state index is -0.0404. The van der Waals surface area contributed by atoms with E-state index in [-0.39, 0.29) is 6.10 Å². The monoisotopic (exact) mass is 414 g/mol. The van der Waals surface area contributed by atoms with E-state index in [0.29, 0.717) is 10.8 Å². The zero-order valence-corrected chi connectivity index (χ0v) is 20.9. The molecule has 4 aliphatic rings. The number of allylic oxidation sites excluding steroid dienone is 2. The summed E-state index contributed by atoms with van der Waals surface area (Å²) in [5, 5.41) is 10.3. The summed E-state index contributed by atoms with van der Waals surface area (Å²) < 4.78 is 0. The van der Waals surface area contributed by atoms with E-state index in [9.17, 15) is 5.11 Å². The minimum Gasteiger partial charge on any atom is -0.393 e. The predicted octanol–water partition coefficient (Wildman–Crippen LogP) is 8.02. The second-order valence-electron chi connectivity index (χ2n) is 12.9. The zero-order chi connectivity index (χ0) is 21.7. The van der Waals surface area contributed by atoms with Gasteiger partial charge in [0.25, 0.3) is 0 Å². The summed E-state index contributed by atoms with van der Waals surface area (Å²) in [4.78, 5) is 0. The van der Waals surface area contributed by atoms with Crippen LogP contribution in [0.25, 0.3) is 0 Å². The Labute approximate surface area is 187 Å². The molecule has 0 radical (unpaired) electrons. The highest BCUT2D eigenvalue weighted by atomic mass is 16.3. The van der Waals surface area contributed by atoms with Crippen molar-refractivity contribution in [2.45, 2.75) is 118 Å². The van der Waals surface area contributed by atoms with Crippen molar-refractivity contribution < 1.29 is 5.11 Å². The van der Waals surface area contributed by atoms with Crippen molar-refractivity contribution in [3.8, 4) is 0 Å². The number of hydrogen-bond donors (Lipinski definition) is 1. The Morgan fingerprint density at radius 2 is 1.67 bits per heavy atom. The van der Waals surface area contributed by atoms with Crippen LogP contribution in [0, 0.1) is 52.3 Å². The van der Waals surface area contributed by atoms with Crippen LogP contribution in [-0.2, 0) is 0 Å². The van der Waals surface area contributed by atoms with Gasteiger partial charge in [-0.05, 0) is 110 Å². The number of rotatable bonds is 6. The van der Waals surface area contributed by atoms with Crippen LogP contribution in [0.4, 0.5) is 0 Å². The molecule has 1 nitrogen and oxygen atoms in total. The fourth-order valence-electron chi connectivity index (χ4n) is 9.15. The van der Waals surface area contributed by atoms with Gasteiger partial charge in [0.1, 0.15) is 0 Å². The molecule has 0 bridgehead atoms. The minimum absolute atomic E-state index is 0.0404. The molecule has 0 amide bonds. The van der Waals surface area contributed by atoms with Gasteiger partial charge in [0.05, 0.1) is 6.10 Å². The van der Waals surface area contributed by atoms with Gasteiger partial charge in [0.15, 0.2) is 0 Å². The summed E-state index contributed by atoms with van der Waals surface area (Å²) >= 11 is 0. The maximum absolute atomic E-state index is 10.3. The first kappa shape index (κ1) is 22.9. The lowest BCUT2D eigenvalue weighted by Crippen LogP contribution is -2.49. The lowest BCUT2D eigenvalue weighted by atomic mass is 9.47. The normalized spacial score (nSPS) is 45.3. The van der Waals surface area contributed by atoms with Gasteiger partial charge in [0, 0.05) is 0 Å². The van der Waals surface area contributed by atoms with Gasteiger partial charge in [0.2, 0.25) is 0 Å². The van der Waals surface area contributed by atoms with E-state index >= 15 is 0 Å². The van der Waals surface area contributed by atoms with Crippen molar-refractivity contribution in [3.05, 3.63) is 11.6 Å². The highest BCUT2D eigenvalue weighted by Gasteiger charge is 2.58. The highest BCUT2D eigenvalue weighted by molar-refractivity contribution is 5.27. The van der Waals surface area contributed by atoms with E-state index < -0.39 is 0 Å². The molecule has 0 saturated heterocycles. The standard InChI is InChI=1S/C29H50O/c1-7-21(19(2)3)9-8-20(4)25-12-13-26-24-11-10-22-18-23(30)14-16-28(22,5)27(24)15-17-29(25,26)6/h11,19-23,25-27,30H,7-10,12-18H2,1-6H3/t20-,21?,22+,23+,25?,26?,27?,28+,29-/m1/s1. The Morgan fingerprint density at radius 3 is 2.37 bits per heavy atom. The quantitative estimate of drug-likeness (QED) is 0.436. The molecule has 0 spiro atoms. The maximum atomic E-state index is 10.3. The summed E-state index contributed by atoms with van der Waals surface area (Å²) in [7, 11) is 0. The molecule has 4 aliphatic carbocycles. The first-order valence-electron chi connectivity index (χ1n) is 13.6. The fraction of sp³-hybridized carbons (Fsp3) is 0.931. The van der Waals surface area contributed by atoms with Gasteiger partial charge >= 0.3 is 0 Å². The Morgan fingerprint density at radius 1 is 0.967 bits per heavy atom. The molecule has 30 heavy (non-hydrogen) atoms. The third-order valence-corrected chi connectivity index (χ3v) is 11.3. The topological polar surface area (TPSA) is 20.2 Å². The molecule has 1 heteroatoms. The smallest absolute Gasteiger partial charge is 0.0543 e. The largest absolute Gasteiger partial charge is 0.393 e. The fourth-order valence-corrected chi connectivity index (χ4v) is 9.15. The second-order valence-corrected chi connectivity index (χ2v) is 12.9. The van der Waals surface area contributed by atoms with Crippen LogP contribution in [0.3, 0.4) is 0 Å². The molecule has 3 saturated carbocycles. The molecular weight excluding hydrogens is 364 g/mol. The Bertz CT molecular complexity index is 634. The number of aliphatic hydroxyl groups excluding tert-OH is 1. The second kappa shape index (κ2) is 8.57. The van der Waals surface area contributed by atoms with Crippen LogP contribution < -0.4 is 0 Å². The average Bonchev–Trinajstić information content (AvgIpc) is 3.06.